The fourth-order valence-electron chi connectivity index (χ4n) is 5.72. The largest absolute Gasteiger partial charge is 0.273 e. The van der Waals surface area contributed by atoms with Crippen LogP contribution in [0.4, 0.5) is 15.8 Å². The van der Waals surface area contributed by atoms with E-state index in [1.54, 1.807) is 5.06 Å². The average Bonchev–Trinajstić information content (AvgIpc) is 3.44. The molecule has 2 amide bonds. The number of benzene rings is 5. The van der Waals surface area contributed by atoms with Crippen molar-refractivity contribution in [3.05, 3.63) is 121 Å². The predicted molar refractivity (Wildman–Crippen MR) is 140 cm³/mol. The molecule has 3 atom stereocenters. The summed E-state index contributed by atoms with van der Waals surface area (Å²) in [6.45, 7) is 0. The Hall–Kier alpha value is -4.55. The lowest BCUT2D eigenvalue weighted by Gasteiger charge is -2.30. The first-order valence-electron chi connectivity index (χ1n) is 12.2. The second-order valence-corrected chi connectivity index (χ2v) is 9.38. The van der Waals surface area contributed by atoms with Gasteiger partial charge in [0.15, 0.2) is 6.10 Å². The van der Waals surface area contributed by atoms with Gasteiger partial charge in [0.25, 0.3) is 5.91 Å². The first-order chi connectivity index (χ1) is 18.1. The van der Waals surface area contributed by atoms with Gasteiger partial charge in [0, 0.05) is 0 Å². The standard InChI is InChI=1S/C31H21FN2O3/c32-21-14-16-22(17-15-21)33-30(35)27-28(34(37-29(27)31(33)36)23-10-2-1-3-11-23)26-24-12-6-4-8-19(24)18-20-9-5-7-13-25(20)26/h1-18,27-29H/t27-,28-,29+/m0/s1. The number of imide groups is 1. The molecule has 0 saturated carbocycles. The maximum absolute atomic E-state index is 14.0. The van der Waals surface area contributed by atoms with E-state index >= 15 is 0 Å². The van der Waals surface area contributed by atoms with Gasteiger partial charge >= 0.3 is 0 Å². The van der Waals surface area contributed by atoms with E-state index in [1.807, 2.05) is 66.7 Å². The van der Waals surface area contributed by atoms with E-state index < -0.39 is 29.8 Å². The average molecular weight is 489 g/mol. The van der Waals surface area contributed by atoms with Crippen molar-refractivity contribution in [3.63, 3.8) is 0 Å². The Morgan fingerprint density at radius 3 is 1.89 bits per heavy atom. The molecule has 2 saturated heterocycles. The van der Waals surface area contributed by atoms with Crippen LogP contribution >= 0.6 is 0 Å². The number of carbonyl (C=O) groups excluding carboxylic acids is 2. The zero-order valence-corrected chi connectivity index (χ0v) is 19.6. The molecule has 0 aromatic heterocycles. The lowest BCUT2D eigenvalue weighted by atomic mass is 9.84. The predicted octanol–water partition coefficient (Wildman–Crippen LogP) is 6.18. The number of hydrogen-bond donors (Lipinski definition) is 0. The number of hydrogen-bond acceptors (Lipinski definition) is 4. The molecule has 2 heterocycles. The Kier molecular flexibility index (Phi) is 4.84. The van der Waals surface area contributed by atoms with E-state index in [9.17, 15) is 14.0 Å². The molecule has 0 bridgehead atoms. The molecule has 5 aromatic carbocycles. The SMILES string of the molecule is O=C1[C@@H]2[C@@H](ON(c3ccccc3)[C@H]2c2c3ccccc3cc3ccccc23)C(=O)N1c1ccc(F)cc1. The molecule has 0 radical (unpaired) electrons. The Morgan fingerprint density at radius 2 is 1.24 bits per heavy atom. The van der Waals surface area contributed by atoms with Gasteiger partial charge in [0.2, 0.25) is 5.91 Å². The summed E-state index contributed by atoms with van der Waals surface area (Å²) in [6.07, 6.45) is -1.000. The number of carbonyl (C=O) groups is 2. The van der Waals surface area contributed by atoms with Crippen LogP contribution in [0.2, 0.25) is 0 Å². The molecular formula is C31H21FN2O3. The van der Waals surface area contributed by atoms with Crippen LogP contribution in [0.15, 0.2) is 109 Å². The number of rotatable bonds is 3. The summed E-state index contributed by atoms with van der Waals surface area (Å²) in [6, 6.07) is 32.6. The normalized spacial score (nSPS) is 21.3. The van der Waals surface area contributed by atoms with Crippen molar-refractivity contribution < 1.29 is 18.8 Å². The van der Waals surface area contributed by atoms with Gasteiger partial charge in [-0.3, -0.25) is 14.4 Å². The summed E-state index contributed by atoms with van der Waals surface area (Å²) >= 11 is 0. The van der Waals surface area contributed by atoms with Crippen molar-refractivity contribution >= 4 is 44.7 Å². The van der Waals surface area contributed by atoms with Crippen LogP contribution in [0.3, 0.4) is 0 Å². The Bertz CT molecular complexity index is 1630. The number of para-hydroxylation sites is 1. The van der Waals surface area contributed by atoms with Crippen molar-refractivity contribution in [2.45, 2.75) is 12.1 Å². The minimum Gasteiger partial charge on any atom is -0.273 e. The summed E-state index contributed by atoms with van der Waals surface area (Å²) in [5, 5.41) is 5.80. The van der Waals surface area contributed by atoms with Crippen LogP contribution in [0.5, 0.6) is 0 Å². The molecule has 37 heavy (non-hydrogen) atoms. The molecule has 5 aromatic rings. The van der Waals surface area contributed by atoms with Crippen molar-refractivity contribution in [2.24, 2.45) is 5.92 Å². The van der Waals surface area contributed by atoms with Crippen molar-refractivity contribution in [3.8, 4) is 0 Å². The summed E-state index contributed by atoms with van der Waals surface area (Å²) in [5.74, 6) is -2.03. The molecule has 0 unspecified atom stereocenters. The Morgan fingerprint density at radius 1 is 0.649 bits per heavy atom. The molecule has 5 nitrogen and oxygen atoms in total. The fourth-order valence-corrected chi connectivity index (χ4v) is 5.72. The number of anilines is 2. The van der Waals surface area contributed by atoms with E-state index in [4.69, 9.17) is 4.84 Å². The zero-order valence-electron chi connectivity index (χ0n) is 19.6. The minimum atomic E-state index is -1.000. The highest BCUT2D eigenvalue weighted by Crippen LogP contribution is 2.50. The molecule has 7 rings (SSSR count). The van der Waals surface area contributed by atoms with Gasteiger partial charge in [-0.1, -0.05) is 66.7 Å². The maximum atomic E-state index is 14.0. The van der Waals surface area contributed by atoms with E-state index in [2.05, 4.69) is 18.2 Å². The molecule has 2 aliphatic rings. The molecule has 0 aliphatic carbocycles. The summed E-state index contributed by atoms with van der Waals surface area (Å²) < 4.78 is 13.6. The van der Waals surface area contributed by atoms with Gasteiger partial charge in [-0.2, -0.15) is 0 Å². The van der Waals surface area contributed by atoms with E-state index in [0.29, 0.717) is 5.69 Å². The highest BCUT2D eigenvalue weighted by atomic mass is 19.1. The van der Waals surface area contributed by atoms with Gasteiger partial charge in [-0.15, -0.1) is 0 Å². The number of fused-ring (bicyclic) bond motifs is 3. The van der Waals surface area contributed by atoms with Crippen LogP contribution in [-0.2, 0) is 14.4 Å². The van der Waals surface area contributed by atoms with Crippen molar-refractivity contribution in [2.75, 3.05) is 9.96 Å². The summed E-state index contributed by atoms with van der Waals surface area (Å²) in [7, 11) is 0. The fraction of sp³-hybridized carbons (Fsp3) is 0.0968. The van der Waals surface area contributed by atoms with E-state index in [0.717, 1.165) is 37.7 Å². The first kappa shape index (κ1) is 21.7. The van der Waals surface area contributed by atoms with Gasteiger partial charge in [0.05, 0.1) is 17.4 Å². The Balaban J connectivity index is 1.47. The number of amides is 2. The highest BCUT2D eigenvalue weighted by Gasteiger charge is 2.60. The monoisotopic (exact) mass is 488 g/mol. The topological polar surface area (TPSA) is 49.9 Å². The first-order valence-corrected chi connectivity index (χ1v) is 12.2. The van der Waals surface area contributed by atoms with Gasteiger partial charge < -0.3 is 0 Å². The van der Waals surface area contributed by atoms with Gasteiger partial charge in [0.1, 0.15) is 11.7 Å². The molecule has 6 heteroatoms. The van der Waals surface area contributed by atoms with Crippen LogP contribution in [0.1, 0.15) is 11.6 Å². The van der Waals surface area contributed by atoms with Gasteiger partial charge in [-0.25, -0.2) is 14.4 Å². The lowest BCUT2D eigenvalue weighted by Crippen LogP contribution is -2.37. The maximum Gasteiger partial charge on any atom is 0.266 e. The van der Waals surface area contributed by atoms with Crippen molar-refractivity contribution in [1.82, 2.24) is 0 Å². The second kappa shape index (κ2) is 8.25. The van der Waals surface area contributed by atoms with Crippen LogP contribution in [0, 0.1) is 11.7 Å². The number of nitrogens with zero attached hydrogens (tertiary/aromatic N) is 2. The highest BCUT2D eigenvalue weighted by molar-refractivity contribution is 6.24. The van der Waals surface area contributed by atoms with Gasteiger partial charge in [-0.05, 0) is 69.6 Å². The molecule has 2 aliphatic heterocycles. The molecule has 0 spiro atoms. The molecule has 2 fully saturated rings. The van der Waals surface area contributed by atoms with Crippen LogP contribution < -0.4 is 9.96 Å². The summed E-state index contributed by atoms with van der Waals surface area (Å²) in [5.41, 5.74) is 2.03. The Labute approximate surface area is 212 Å². The smallest absolute Gasteiger partial charge is 0.266 e. The third-order valence-electron chi connectivity index (χ3n) is 7.32. The van der Waals surface area contributed by atoms with E-state index in [-0.39, 0.29) is 5.91 Å². The van der Waals surface area contributed by atoms with Crippen LogP contribution in [0.25, 0.3) is 21.5 Å². The molecular weight excluding hydrogens is 467 g/mol. The third-order valence-corrected chi connectivity index (χ3v) is 7.32. The van der Waals surface area contributed by atoms with Crippen LogP contribution in [-0.4, -0.2) is 17.9 Å². The second-order valence-electron chi connectivity index (χ2n) is 9.38. The minimum absolute atomic E-state index is 0.335. The quantitative estimate of drug-likeness (QED) is 0.225. The molecule has 0 N–H and O–H groups in total. The lowest BCUT2D eigenvalue weighted by molar-refractivity contribution is -0.126. The number of halogens is 1. The number of hydroxylamine groups is 1. The third kappa shape index (κ3) is 3.26. The zero-order chi connectivity index (χ0) is 25.1. The van der Waals surface area contributed by atoms with Crippen molar-refractivity contribution in [1.29, 1.82) is 0 Å². The summed E-state index contributed by atoms with van der Waals surface area (Å²) in [4.78, 5) is 35.1. The van der Waals surface area contributed by atoms with E-state index in [1.165, 1.54) is 24.3 Å². The molecule has 180 valence electrons.